The van der Waals surface area contributed by atoms with Crippen LogP contribution in [0, 0.1) is 11.3 Å². The second-order valence-corrected chi connectivity index (χ2v) is 2.93. The molecule has 3 nitrogen and oxygen atoms in total. The highest BCUT2D eigenvalue weighted by molar-refractivity contribution is 9.10. The lowest BCUT2D eigenvalue weighted by Gasteiger charge is -2.00. The second-order valence-electron chi connectivity index (χ2n) is 2.15. The van der Waals surface area contributed by atoms with E-state index >= 15 is 0 Å². The summed E-state index contributed by atoms with van der Waals surface area (Å²) in [5, 5.41) is 8.33. The van der Waals surface area contributed by atoms with Crippen molar-refractivity contribution in [3.05, 3.63) is 22.6 Å². The Morgan fingerprint density at radius 3 is 3.00 bits per heavy atom. The van der Waals surface area contributed by atoms with Crippen LogP contribution in [0.1, 0.15) is 18.0 Å². The molecule has 0 bridgehead atoms. The summed E-state index contributed by atoms with van der Waals surface area (Å²) in [4.78, 5) is 0. The summed E-state index contributed by atoms with van der Waals surface area (Å²) in [7, 11) is 0. The van der Waals surface area contributed by atoms with E-state index in [0.717, 1.165) is 5.56 Å². The van der Waals surface area contributed by atoms with Gasteiger partial charge in [-0.15, -0.1) is 0 Å². The minimum Gasteiger partial charge on any atom is -0.457 e. The van der Waals surface area contributed by atoms with Gasteiger partial charge in [0.1, 0.15) is 0 Å². The summed E-state index contributed by atoms with van der Waals surface area (Å²) in [5.41, 5.74) is 6.46. The van der Waals surface area contributed by atoms with Crippen LogP contribution in [-0.4, -0.2) is 0 Å². The van der Waals surface area contributed by atoms with Gasteiger partial charge in [0.05, 0.1) is 18.8 Å². The molecule has 0 saturated carbocycles. The topological polar surface area (TPSA) is 63.0 Å². The highest BCUT2D eigenvalue weighted by Gasteiger charge is 2.07. The molecule has 58 valence electrons. The molecule has 0 aliphatic heterocycles. The normalized spacial score (nSPS) is 12.5. The molecule has 0 aromatic carbocycles. The molecule has 0 fully saturated rings. The highest BCUT2D eigenvalue weighted by Crippen LogP contribution is 2.20. The van der Waals surface area contributed by atoms with Crippen LogP contribution in [0.4, 0.5) is 0 Å². The van der Waals surface area contributed by atoms with Crippen molar-refractivity contribution in [1.29, 1.82) is 5.26 Å². The summed E-state index contributed by atoms with van der Waals surface area (Å²) in [6.45, 7) is 0. The Labute approximate surface area is 72.9 Å². The van der Waals surface area contributed by atoms with Gasteiger partial charge in [0.2, 0.25) is 0 Å². The standard InChI is InChI=1S/C7H7BrN2O/c8-7-3-5(4-11-7)6(10)1-2-9/h3-4,6H,1,10H2/t6-/m1/s1. The number of furan rings is 1. The SMILES string of the molecule is N#CC[C@@H](N)c1coc(Br)c1. The zero-order valence-electron chi connectivity index (χ0n) is 5.75. The number of hydrogen-bond donors (Lipinski definition) is 1. The summed E-state index contributed by atoms with van der Waals surface area (Å²) in [6.07, 6.45) is 1.86. The molecule has 1 atom stereocenters. The number of nitriles is 1. The van der Waals surface area contributed by atoms with Crippen LogP contribution in [0.15, 0.2) is 21.4 Å². The molecule has 0 unspecified atom stereocenters. The minimum absolute atomic E-state index is 0.241. The molecular formula is C7H7BrN2O. The number of nitrogens with two attached hydrogens (primary N) is 1. The van der Waals surface area contributed by atoms with Crippen LogP contribution >= 0.6 is 15.9 Å². The van der Waals surface area contributed by atoms with E-state index in [0.29, 0.717) is 11.1 Å². The first-order chi connectivity index (χ1) is 5.24. The van der Waals surface area contributed by atoms with Crippen molar-refractivity contribution in [1.82, 2.24) is 0 Å². The second kappa shape index (κ2) is 3.56. The van der Waals surface area contributed by atoms with Gasteiger partial charge in [-0.05, 0) is 22.0 Å². The zero-order valence-corrected chi connectivity index (χ0v) is 7.34. The van der Waals surface area contributed by atoms with Gasteiger partial charge in [-0.3, -0.25) is 0 Å². The van der Waals surface area contributed by atoms with E-state index < -0.39 is 0 Å². The molecule has 1 aromatic rings. The fourth-order valence-corrected chi connectivity index (χ4v) is 1.09. The maximum Gasteiger partial charge on any atom is 0.169 e. The predicted molar refractivity (Wildman–Crippen MR) is 43.6 cm³/mol. The highest BCUT2D eigenvalue weighted by atomic mass is 79.9. The zero-order chi connectivity index (χ0) is 8.27. The minimum atomic E-state index is -0.241. The fraction of sp³-hybridized carbons (Fsp3) is 0.286. The van der Waals surface area contributed by atoms with Crippen LogP contribution in [0.2, 0.25) is 0 Å². The van der Waals surface area contributed by atoms with E-state index in [1.54, 1.807) is 12.3 Å². The molecular weight excluding hydrogens is 208 g/mol. The molecule has 11 heavy (non-hydrogen) atoms. The van der Waals surface area contributed by atoms with Crippen molar-refractivity contribution in [3.63, 3.8) is 0 Å². The monoisotopic (exact) mass is 214 g/mol. The number of rotatable bonds is 2. The first kappa shape index (κ1) is 8.31. The third kappa shape index (κ3) is 2.07. The average Bonchev–Trinajstić information content (AvgIpc) is 2.36. The Balaban J connectivity index is 2.70. The van der Waals surface area contributed by atoms with Crippen LogP contribution < -0.4 is 5.73 Å². The molecule has 0 radical (unpaired) electrons. The van der Waals surface area contributed by atoms with Gasteiger partial charge in [0.25, 0.3) is 0 Å². The Hall–Kier alpha value is -0.790. The maximum absolute atomic E-state index is 8.33. The van der Waals surface area contributed by atoms with E-state index in [1.807, 2.05) is 6.07 Å². The third-order valence-corrected chi connectivity index (χ3v) is 1.74. The Morgan fingerprint density at radius 1 is 1.82 bits per heavy atom. The molecule has 0 aliphatic rings. The lowest BCUT2D eigenvalue weighted by molar-refractivity contribution is 0.535. The van der Waals surface area contributed by atoms with E-state index in [1.165, 1.54) is 0 Å². The van der Waals surface area contributed by atoms with Crippen LogP contribution in [0.3, 0.4) is 0 Å². The van der Waals surface area contributed by atoms with Crippen LogP contribution in [0.5, 0.6) is 0 Å². The first-order valence-electron chi connectivity index (χ1n) is 3.10. The summed E-state index contributed by atoms with van der Waals surface area (Å²) < 4.78 is 5.60. The van der Waals surface area contributed by atoms with Crippen molar-refractivity contribution >= 4 is 15.9 Å². The van der Waals surface area contributed by atoms with E-state index in [-0.39, 0.29) is 6.04 Å². The van der Waals surface area contributed by atoms with Gasteiger partial charge >= 0.3 is 0 Å². The first-order valence-corrected chi connectivity index (χ1v) is 3.90. The van der Waals surface area contributed by atoms with E-state index in [2.05, 4.69) is 15.9 Å². The van der Waals surface area contributed by atoms with Crippen molar-refractivity contribution in [2.45, 2.75) is 12.5 Å². The van der Waals surface area contributed by atoms with Crippen LogP contribution in [-0.2, 0) is 0 Å². The largest absolute Gasteiger partial charge is 0.457 e. The van der Waals surface area contributed by atoms with Crippen molar-refractivity contribution in [2.24, 2.45) is 5.73 Å². The van der Waals surface area contributed by atoms with Crippen molar-refractivity contribution in [2.75, 3.05) is 0 Å². The third-order valence-electron chi connectivity index (χ3n) is 1.33. The van der Waals surface area contributed by atoms with Gasteiger partial charge in [-0.25, -0.2) is 0 Å². The summed E-state index contributed by atoms with van der Waals surface area (Å²) in [5.74, 6) is 0. The van der Waals surface area contributed by atoms with E-state index in [4.69, 9.17) is 15.4 Å². The van der Waals surface area contributed by atoms with Gasteiger partial charge in [-0.1, -0.05) is 0 Å². The Morgan fingerprint density at radius 2 is 2.55 bits per heavy atom. The molecule has 0 amide bonds. The molecule has 4 heteroatoms. The average molecular weight is 215 g/mol. The number of hydrogen-bond acceptors (Lipinski definition) is 3. The van der Waals surface area contributed by atoms with Gasteiger partial charge in [0, 0.05) is 11.6 Å². The van der Waals surface area contributed by atoms with Gasteiger partial charge in [-0.2, -0.15) is 5.26 Å². The summed E-state index contributed by atoms with van der Waals surface area (Å²) in [6, 6.07) is 3.52. The molecule has 0 saturated heterocycles. The molecule has 1 heterocycles. The van der Waals surface area contributed by atoms with Gasteiger partial charge < -0.3 is 10.2 Å². The molecule has 1 rings (SSSR count). The number of halogens is 1. The number of nitrogens with zero attached hydrogens (tertiary/aromatic N) is 1. The molecule has 2 N–H and O–H groups in total. The quantitative estimate of drug-likeness (QED) is 0.819. The smallest absolute Gasteiger partial charge is 0.169 e. The lowest BCUT2D eigenvalue weighted by atomic mass is 10.1. The summed E-state index contributed by atoms with van der Waals surface area (Å²) >= 11 is 3.15. The van der Waals surface area contributed by atoms with E-state index in [9.17, 15) is 0 Å². The van der Waals surface area contributed by atoms with Gasteiger partial charge in [0.15, 0.2) is 4.67 Å². The van der Waals surface area contributed by atoms with Crippen molar-refractivity contribution in [3.8, 4) is 6.07 Å². The molecule has 0 aliphatic carbocycles. The van der Waals surface area contributed by atoms with Crippen molar-refractivity contribution < 1.29 is 4.42 Å². The molecule has 0 spiro atoms. The lowest BCUT2D eigenvalue weighted by Crippen LogP contribution is -2.07. The Kier molecular flexibility index (Phi) is 2.69. The maximum atomic E-state index is 8.33. The Bertz CT molecular complexity index is 276. The van der Waals surface area contributed by atoms with Crippen LogP contribution in [0.25, 0.3) is 0 Å². The predicted octanol–water partition coefficient (Wildman–Crippen LogP) is 1.96. The fourth-order valence-electron chi connectivity index (χ4n) is 0.734. The molecule has 1 aromatic heterocycles.